The maximum Gasteiger partial charge on any atom is 0.339 e. The van der Waals surface area contributed by atoms with Crippen LogP contribution in [0.4, 0.5) is 5.82 Å². The van der Waals surface area contributed by atoms with Crippen LogP contribution in [0.3, 0.4) is 0 Å². The van der Waals surface area contributed by atoms with Crippen LogP contribution in [0.15, 0.2) is 6.07 Å². The molecule has 1 N–H and O–H groups in total. The molecule has 0 spiro atoms. The van der Waals surface area contributed by atoms with Gasteiger partial charge in [0.1, 0.15) is 11.4 Å². The van der Waals surface area contributed by atoms with Gasteiger partial charge in [0.2, 0.25) is 0 Å². The molecular formula is C13H16N2O3S. The van der Waals surface area contributed by atoms with Gasteiger partial charge >= 0.3 is 5.97 Å². The average molecular weight is 280 g/mol. The highest BCUT2D eigenvalue weighted by Gasteiger charge is 2.25. The fourth-order valence-electron chi connectivity index (χ4n) is 2.71. The van der Waals surface area contributed by atoms with E-state index in [9.17, 15) is 14.1 Å². The number of rotatable bonds is 2. The third-order valence-corrected chi connectivity index (χ3v) is 5.01. The quantitative estimate of drug-likeness (QED) is 0.869. The lowest BCUT2D eigenvalue weighted by molar-refractivity contribution is 0.0697. The Hall–Kier alpha value is -1.43. The average Bonchev–Trinajstić information content (AvgIpc) is 2.85. The van der Waals surface area contributed by atoms with Crippen molar-refractivity contribution >= 4 is 22.6 Å². The molecule has 1 aliphatic heterocycles. The lowest BCUT2D eigenvalue weighted by Gasteiger charge is -2.28. The maximum absolute atomic E-state index is 11.4. The predicted octanol–water partition coefficient (Wildman–Crippen LogP) is 0.837. The third-order valence-electron chi connectivity index (χ3n) is 3.74. The molecule has 1 aliphatic carbocycles. The molecular weight excluding hydrogens is 264 g/mol. The second kappa shape index (κ2) is 4.92. The van der Waals surface area contributed by atoms with Crippen molar-refractivity contribution in [2.24, 2.45) is 0 Å². The van der Waals surface area contributed by atoms with E-state index in [1.807, 2.05) is 4.90 Å². The zero-order valence-electron chi connectivity index (χ0n) is 10.6. The number of aromatic carboxylic acids is 1. The zero-order chi connectivity index (χ0) is 13.4. The lowest BCUT2D eigenvalue weighted by Crippen LogP contribution is -2.39. The summed E-state index contributed by atoms with van der Waals surface area (Å²) in [5, 5.41) is 9.35. The molecule has 1 aromatic rings. The second-order valence-corrected chi connectivity index (χ2v) is 6.66. The number of carboxylic acids is 1. The molecule has 0 radical (unpaired) electrons. The first kappa shape index (κ1) is 12.6. The number of anilines is 1. The topological polar surface area (TPSA) is 70.5 Å². The largest absolute Gasteiger partial charge is 0.478 e. The first-order valence-electron chi connectivity index (χ1n) is 6.51. The molecule has 1 fully saturated rings. The molecule has 1 aromatic heterocycles. The number of carbonyl (C=O) groups is 1. The first-order valence-corrected chi connectivity index (χ1v) is 8.00. The molecule has 2 aliphatic rings. The van der Waals surface area contributed by atoms with Gasteiger partial charge in [-0.1, -0.05) is 0 Å². The summed E-state index contributed by atoms with van der Waals surface area (Å²) in [5.41, 5.74) is 2.39. The summed E-state index contributed by atoms with van der Waals surface area (Å²) in [6.45, 7) is 1.25. The Balaban J connectivity index is 1.99. The number of carboxylic acid groups (broad SMARTS) is 1. The van der Waals surface area contributed by atoms with Crippen molar-refractivity contribution in [1.82, 2.24) is 4.98 Å². The Morgan fingerprint density at radius 3 is 2.74 bits per heavy atom. The Bertz CT molecular complexity index is 549. The number of aromatic nitrogens is 1. The van der Waals surface area contributed by atoms with E-state index in [0.29, 0.717) is 30.4 Å². The summed E-state index contributed by atoms with van der Waals surface area (Å²) in [5.74, 6) is 0.823. The van der Waals surface area contributed by atoms with Crippen LogP contribution in [0.1, 0.15) is 28.0 Å². The predicted molar refractivity (Wildman–Crippen MR) is 73.3 cm³/mol. The summed E-state index contributed by atoms with van der Waals surface area (Å²) >= 11 is 0. The summed E-state index contributed by atoms with van der Waals surface area (Å²) in [7, 11) is -0.768. The number of aryl methyl sites for hydroxylation is 2. The van der Waals surface area contributed by atoms with Crippen molar-refractivity contribution in [3.05, 3.63) is 22.9 Å². The van der Waals surface area contributed by atoms with Crippen molar-refractivity contribution in [2.45, 2.75) is 19.3 Å². The van der Waals surface area contributed by atoms with Crippen molar-refractivity contribution in [1.29, 1.82) is 0 Å². The van der Waals surface area contributed by atoms with Crippen LogP contribution < -0.4 is 4.90 Å². The minimum atomic E-state index is -0.927. The minimum Gasteiger partial charge on any atom is -0.478 e. The van der Waals surface area contributed by atoms with Crippen LogP contribution in [-0.4, -0.2) is 44.9 Å². The second-order valence-electron chi connectivity index (χ2n) is 4.96. The number of nitrogens with zero attached hydrogens (tertiary/aromatic N) is 2. The normalized spacial score (nSPS) is 19.5. The van der Waals surface area contributed by atoms with E-state index in [4.69, 9.17) is 0 Å². The molecule has 0 atom stereocenters. The number of fused-ring (bicyclic) bond motifs is 1. The molecule has 1 saturated heterocycles. The highest BCUT2D eigenvalue weighted by molar-refractivity contribution is 7.85. The fourth-order valence-corrected chi connectivity index (χ4v) is 3.76. The van der Waals surface area contributed by atoms with Crippen LogP contribution in [0.5, 0.6) is 0 Å². The van der Waals surface area contributed by atoms with Gasteiger partial charge in [0.05, 0.1) is 0 Å². The van der Waals surface area contributed by atoms with Gasteiger partial charge in [0, 0.05) is 41.1 Å². The molecule has 6 heteroatoms. The first-order chi connectivity index (χ1) is 9.15. The van der Waals surface area contributed by atoms with E-state index in [2.05, 4.69) is 4.98 Å². The van der Waals surface area contributed by atoms with Gasteiger partial charge < -0.3 is 10.0 Å². The van der Waals surface area contributed by atoms with Gasteiger partial charge in [-0.2, -0.15) is 0 Å². The van der Waals surface area contributed by atoms with E-state index >= 15 is 0 Å². The fraction of sp³-hybridized carbons (Fsp3) is 0.538. The Kier molecular flexibility index (Phi) is 3.26. The van der Waals surface area contributed by atoms with Crippen LogP contribution in [0.2, 0.25) is 0 Å². The molecule has 5 nitrogen and oxygen atoms in total. The van der Waals surface area contributed by atoms with Crippen molar-refractivity contribution < 1.29 is 14.1 Å². The summed E-state index contributed by atoms with van der Waals surface area (Å²) in [4.78, 5) is 17.9. The SMILES string of the molecule is O=C(O)c1cc2c(nc1N1CCS(=O)CC1)CCC2. The van der Waals surface area contributed by atoms with Crippen LogP contribution in [-0.2, 0) is 23.6 Å². The standard InChI is InChI=1S/C13H16N2O3S/c16-13(17)10-8-9-2-1-3-11(9)14-12(10)15-4-6-19(18)7-5-15/h8H,1-7H2,(H,16,17). The van der Waals surface area contributed by atoms with Crippen molar-refractivity contribution in [3.63, 3.8) is 0 Å². The van der Waals surface area contributed by atoms with E-state index in [0.717, 1.165) is 30.5 Å². The van der Waals surface area contributed by atoms with Gasteiger partial charge in [0.15, 0.2) is 0 Å². The maximum atomic E-state index is 11.4. The van der Waals surface area contributed by atoms with E-state index in [-0.39, 0.29) is 5.56 Å². The molecule has 0 aromatic carbocycles. The Morgan fingerprint density at radius 2 is 2.05 bits per heavy atom. The molecule has 0 unspecified atom stereocenters. The Labute approximate surface area is 114 Å². The lowest BCUT2D eigenvalue weighted by atomic mass is 10.1. The third kappa shape index (κ3) is 2.36. The highest BCUT2D eigenvalue weighted by atomic mass is 32.2. The zero-order valence-corrected chi connectivity index (χ0v) is 11.4. The summed E-state index contributed by atoms with van der Waals surface area (Å²) in [6.07, 6.45) is 2.91. The van der Waals surface area contributed by atoms with Crippen molar-refractivity contribution in [2.75, 3.05) is 29.5 Å². The summed E-state index contributed by atoms with van der Waals surface area (Å²) < 4.78 is 11.4. The van der Waals surface area contributed by atoms with Crippen LogP contribution in [0, 0.1) is 0 Å². The van der Waals surface area contributed by atoms with Gasteiger partial charge in [-0.05, 0) is 30.9 Å². The molecule has 102 valence electrons. The van der Waals surface area contributed by atoms with E-state index in [1.165, 1.54) is 0 Å². The molecule has 2 heterocycles. The summed E-state index contributed by atoms with van der Waals surface area (Å²) in [6, 6.07) is 1.78. The highest BCUT2D eigenvalue weighted by Crippen LogP contribution is 2.28. The van der Waals surface area contributed by atoms with Crippen molar-refractivity contribution in [3.8, 4) is 0 Å². The van der Waals surface area contributed by atoms with E-state index in [1.54, 1.807) is 6.07 Å². The van der Waals surface area contributed by atoms with Gasteiger partial charge in [0.25, 0.3) is 0 Å². The van der Waals surface area contributed by atoms with Gasteiger partial charge in [-0.15, -0.1) is 0 Å². The molecule has 0 amide bonds. The number of hydrogen-bond acceptors (Lipinski definition) is 4. The Morgan fingerprint density at radius 1 is 1.32 bits per heavy atom. The van der Waals surface area contributed by atoms with Gasteiger partial charge in [-0.25, -0.2) is 9.78 Å². The molecule has 3 rings (SSSR count). The minimum absolute atomic E-state index is 0.285. The van der Waals surface area contributed by atoms with Crippen LogP contribution >= 0.6 is 0 Å². The number of hydrogen-bond donors (Lipinski definition) is 1. The van der Waals surface area contributed by atoms with Crippen LogP contribution in [0.25, 0.3) is 0 Å². The number of pyridine rings is 1. The molecule has 0 bridgehead atoms. The van der Waals surface area contributed by atoms with E-state index < -0.39 is 16.8 Å². The van der Waals surface area contributed by atoms with Gasteiger partial charge in [-0.3, -0.25) is 4.21 Å². The smallest absolute Gasteiger partial charge is 0.339 e. The monoisotopic (exact) mass is 280 g/mol. The molecule has 19 heavy (non-hydrogen) atoms. The molecule has 0 saturated carbocycles.